The van der Waals surface area contributed by atoms with Crippen molar-refractivity contribution < 1.29 is 67.8 Å². The van der Waals surface area contributed by atoms with E-state index in [1.54, 1.807) is 0 Å². The second kappa shape index (κ2) is 41.1. The molecule has 0 aliphatic heterocycles. The first-order valence-corrected chi connectivity index (χ1v) is 24.2. The van der Waals surface area contributed by atoms with Gasteiger partial charge in [-0.15, -0.1) is 0 Å². The summed E-state index contributed by atoms with van der Waals surface area (Å²) in [5.41, 5.74) is 1.98. The van der Waals surface area contributed by atoms with E-state index in [2.05, 4.69) is 16.0 Å². The first-order chi connectivity index (χ1) is 31.9. The van der Waals surface area contributed by atoms with Crippen molar-refractivity contribution in [2.75, 3.05) is 66.0 Å². The summed E-state index contributed by atoms with van der Waals surface area (Å²) in [7, 11) is 0. The molecule has 6 N–H and O–H groups in total. The summed E-state index contributed by atoms with van der Waals surface area (Å²) in [4.78, 5) is 82.5. The third-order valence-electron chi connectivity index (χ3n) is 10.9. The number of aryl methyl sites for hydroxylation is 1. The van der Waals surface area contributed by atoms with Crippen molar-refractivity contribution in [3.8, 4) is 0 Å². The number of aliphatic hydroxyl groups excluding tert-OH is 1. The Balaban J connectivity index is 1.94. The van der Waals surface area contributed by atoms with E-state index in [-0.39, 0.29) is 121 Å². The standard InChI is InChI=1S/C49H81N3O14/c1-39(54)45(36-53)51-35-41-22-20-40(21-23-41)24-25-43(56)37-65-33-32-64-30-28-50-47(58)38-66-34-31-63-29-16-17-42(55)26-27-44(49(61)62)52-46(57)18-14-12-10-8-6-4-2-3-5-7-9-11-13-15-19-48(59)60/h20-23,44-45,51,53H,2-19,24-38H2,1H3,(H,50,58)(H,52,57)(H,59,60)(H,61,62)/t44-,45-/m0/s1. The number of unbranched alkanes of at least 4 members (excludes halogenated alkanes) is 13. The van der Waals surface area contributed by atoms with Crippen molar-refractivity contribution in [1.82, 2.24) is 16.0 Å². The summed E-state index contributed by atoms with van der Waals surface area (Å²) < 4.78 is 21.6. The second-order valence-electron chi connectivity index (χ2n) is 16.7. The fourth-order valence-corrected chi connectivity index (χ4v) is 6.87. The van der Waals surface area contributed by atoms with Crippen LogP contribution in [0, 0.1) is 0 Å². The number of aliphatic carboxylic acids is 2. The predicted molar refractivity (Wildman–Crippen MR) is 249 cm³/mol. The lowest BCUT2D eigenvalue weighted by Gasteiger charge is -2.14. The van der Waals surface area contributed by atoms with Crippen LogP contribution < -0.4 is 16.0 Å². The van der Waals surface area contributed by atoms with Crippen LogP contribution in [0.5, 0.6) is 0 Å². The van der Waals surface area contributed by atoms with Gasteiger partial charge in [0.25, 0.3) is 0 Å². The molecular formula is C49H81N3O14. The first kappa shape index (κ1) is 59.9. The van der Waals surface area contributed by atoms with Crippen molar-refractivity contribution >= 4 is 41.1 Å². The van der Waals surface area contributed by atoms with Crippen molar-refractivity contribution in [2.45, 2.75) is 167 Å². The zero-order valence-electron chi connectivity index (χ0n) is 39.6. The number of carboxylic acid groups (broad SMARTS) is 2. The van der Waals surface area contributed by atoms with E-state index in [4.69, 9.17) is 24.1 Å². The minimum Gasteiger partial charge on any atom is -0.481 e. The van der Waals surface area contributed by atoms with Crippen LogP contribution >= 0.6 is 0 Å². The molecule has 0 aromatic heterocycles. The topological polar surface area (TPSA) is 253 Å². The summed E-state index contributed by atoms with van der Waals surface area (Å²) in [6.45, 7) is 3.27. The molecule has 0 unspecified atom stereocenters. The van der Waals surface area contributed by atoms with Gasteiger partial charge in [0.05, 0.1) is 45.7 Å². The number of ketones is 3. The van der Waals surface area contributed by atoms with Gasteiger partial charge in [0, 0.05) is 51.8 Å². The van der Waals surface area contributed by atoms with E-state index in [1.807, 2.05) is 24.3 Å². The SMILES string of the molecule is CC(=O)[C@H](CO)NCc1ccc(CCC(=O)COCCOCCNC(=O)COCCOCCCC(=O)CC[C@H](NC(=O)CCCCCCCCCCCCCCCCC(=O)O)C(=O)O)cc1. The maximum absolute atomic E-state index is 12.4. The predicted octanol–water partition coefficient (Wildman–Crippen LogP) is 5.44. The van der Waals surface area contributed by atoms with Crippen LogP contribution in [0.1, 0.15) is 153 Å². The molecule has 0 saturated carbocycles. The highest BCUT2D eigenvalue weighted by molar-refractivity contribution is 5.85. The van der Waals surface area contributed by atoms with Gasteiger partial charge in [-0.1, -0.05) is 101 Å². The van der Waals surface area contributed by atoms with Gasteiger partial charge in [-0.05, 0) is 50.2 Å². The summed E-state index contributed by atoms with van der Waals surface area (Å²) in [6.07, 6.45) is 17.3. The van der Waals surface area contributed by atoms with Crippen LogP contribution in [0.15, 0.2) is 24.3 Å². The molecule has 0 fully saturated rings. The smallest absolute Gasteiger partial charge is 0.326 e. The monoisotopic (exact) mass is 936 g/mol. The minimum absolute atomic E-state index is 0.0142. The van der Waals surface area contributed by atoms with Crippen molar-refractivity contribution in [2.24, 2.45) is 0 Å². The normalized spacial score (nSPS) is 12.1. The number of Topliss-reactive ketones (excluding diaryl/α,β-unsaturated/α-hetero) is 3. The molecule has 376 valence electrons. The lowest BCUT2D eigenvalue weighted by molar-refractivity contribution is -0.142. The highest BCUT2D eigenvalue weighted by atomic mass is 16.5. The highest BCUT2D eigenvalue weighted by Gasteiger charge is 2.21. The molecule has 1 aromatic rings. The molecule has 0 aliphatic carbocycles. The molecule has 0 radical (unpaired) electrons. The van der Waals surface area contributed by atoms with Gasteiger partial charge < -0.3 is 50.2 Å². The van der Waals surface area contributed by atoms with E-state index in [9.17, 15) is 43.8 Å². The van der Waals surface area contributed by atoms with Crippen molar-refractivity contribution in [3.63, 3.8) is 0 Å². The average molecular weight is 936 g/mol. The quantitative estimate of drug-likeness (QED) is 0.0446. The van der Waals surface area contributed by atoms with E-state index in [1.165, 1.54) is 51.9 Å². The molecule has 0 spiro atoms. The minimum atomic E-state index is -1.16. The van der Waals surface area contributed by atoms with Gasteiger partial charge in [0.2, 0.25) is 11.8 Å². The Morgan fingerprint density at radius 2 is 1.06 bits per heavy atom. The van der Waals surface area contributed by atoms with Crippen LogP contribution in [0.2, 0.25) is 0 Å². The van der Waals surface area contributed by atoms with Gasteiger partial charge in [-0.25, -0.2) is 4.79 Å². The van der Waals surface area contributed by atoms with Gasteiger partial charge in [-0.2, -0.15) is 0 Å². The number of nitrogens with one attached hydrogen (secondary N) is 3. The Hall–Kier alpha value is -4.13. The lowest BCUT2D eigenvalue weighted by Crippen LogP contribution is -2.41. The van der Waals surface area contributed by atoms with Crippen LogP contribution in [0.25, 0.3) is 0 Å². The number of aliphatic hydroxyl groups is 1. The molecule has 1 rings (SSSR count). The number of rotatable bonds is 47. The fourth-order valence-electron chi connectivity index (χ4n) is 6.87. The molecule has 2 atom stereocenters. The number of amides is 2. The van der Waals surface area contributed by atoms with Gasteiger partial charge in [0.15, 0.2) is 5.78 Å². The Labute approximate surface area is 392 Å². The second-order valence-corrected chi connectivity index (χ2v) is 16.7. The van der Waals surface area contributed by atoms with Crippen LogP contribution in [0.3, 0.4) is 0 Å². The molecule has 0 heterocycles. The Kier molecular flexibility index (Phi) is 37.3. The largest absolute Gasteiger partial charge is 0.481 e. The number of carboxylic acids is 2. The summed E-state index contributed by atoms with van der Waals surface area (Å²) in [5.74, 6) is -2.74. The third-order valence-corrected chi connectivity index (χ3v) is 10.9. The Morgan fingerprint density at radius 3 is 1.62 bits per heavy atom. The van der Waals surface area contributed by atoms with Crippen molar-refractivity contribution in [3.05, 3.63) is 35.4 Å². The van der Waals surface area contributed by atoms with E-state index >= 15 is 0 Å². The van der Waals surface area contributed by atoms with Gasteiger partial charge >= 0.3 is 11.9 Å². The number of hydrogen-bond donors (Lipinski definition) is 6. The van der Waals surface area contributed by atoms with E-state index in [0.29, 0.717) is 38.8 Å². The molecule has 2 amide bonds. The molecule has 1 aromatic carbocycles. The zero-order chi connectivity index (χ0) is 48.5. The zero-order valence-corrected chi connectivity index (χ0v) is 39.6. The molecule has 0 saturated heterocycles. The van der Waals surface area contributed by atoms with Crippen molar-refractivity contribution in [1.29, 1.82) is 0 Å². The number of hydrogen-bond acceptors (Lipinski definition) is 13. The van der Waals surface area contributed by atoms with Crippen LogP contribution in [0.4, 0.5) is 0 Å². The number of carbonyl (C=O) groups excluding carboxylic acids is 5. The highest BCUT2D eigenvalue weighted by Crippen LogP contribution is 2.14. The number of ether oxygens (including phenoxy) is 4. The van der Waals surface area contributed by atoms with Crippen LogP contribution in [-0.2, 0) is 65.5 Å². The fraction of sp³-hybridized carbons (Fsp3) is 0.735. The molecule has 0 aliphatic rings. The maximum Gasteiger partial charge on any atom is 0.326 e. The molecule has 17 heteroatoms. The molecule has 0 bridgehead atoms. The molecule has 17 nitrogen and oxygen atoms in total. The molecule has 66 heavy (non-hydrogen) atoms. The van der Waals surface area contributed by atoms with Gasteiger partial charge in [0.1, 0.15) is 30.8 Å². The first-order valence-electron chi connectivity index (χ1n) is 24.2. The van der Waals surface area contributed by atoms with E-state index < -0.39 is 24.0 Å². The summed E-state index contributed by atoms with van der Waals surface area (Å²) in [5, 5.41) is 35.7. The third kappa shape index (κ3) is 36.0. The Morgan fingerprint density at radius 1 is 0.530 bits per heavy atom. The Bertz CT molecular complexity index is 1490. The van der Waals surface area contributed by atoms with Gasteiger partial charge in [-0.3, -0.25) is 28.8 Å². The summed E-state index contributed by atoms with van der Waals surface area (Å²) in [6, 6.07) is 6.02. The van der Waals surface area contributed by atoms with E-state index in [0.717, 1.165) is 49.7 Å². The molecular weight excluding hydrogens is 855 g/mol. The number of carbonyl (C=O) groups is 7. The maximum atomic E-state index is 12.4. The number of benzene rings is 1. The lowest BCUT2D eigenvalue weighted by atomic mass is 10.0. The van der Waals surface area contributed by atoms with Crippen LogP contribution in [-0.4, -0.2) is 135 Å². The average Bonchev–Trinajstić information content (AvgIpc) is 3.28. The summed E-state index contributed by atoms with van der Waals surface area (Å²) >= 11 is 0.